The molecular formula is H10O8Si. The molecule has 9 heteroatoms. The molecule has 0 saturated carbocycles. The van der Waals surface area contributed by atoms with Gasteiger partial charge in [0.25, 0.3) is 0 Å². The van der Waals surface area contributed by atoms with Crippen LogP contribution in [0.4, 0.5) is 0 Å². The average molecular weight is 166 g/mol. The largest absolute Gasteiger partial charge is 0.761 e. The standard InChI is InChI=1S/H2O3Si.4H2O.O/c1-4(2)3;;;;;/h1-2H;4*1H2;. The van der Waals surface area contributed by atoms with Gasteiger partial charge in [-0.15, -0.1) is 0 Å². The summed E-state index contributed by atoms with van der Waals surface area (Å²) in [5.74, 6) is 0. The van der Waals surface area contributed by atoms with Crippen LogP contribution < -0.4 is 0 Å². The van der Waals surface area contributed by atoms with E-state index in [4.69, 9.17) is 14.1 Å². The topological polar surface area (TPSA) is 212 Å². The highest BCUT2D eigenvalue weighted by Gasteiger charge is 1.85. The maximum Gasteiger partial charge on any atom is 0.761 e. The molecule has 0 bridgehead atoms. The van der Waals surface area contributed by atoms with E-state index in [-0.39, 0.29) is 27.4 Å². The minimum atomic E-state index is -3.13. The van der Waals surface area contributed by atoms with Crippen LogP contribution in [0.1, 0.15) is 0 Å². The lowest BCUT2D eigenvalue weighted by atomic mass is 15.8. The summed E-state index contributed by atoms with van der Waals surface area (Å²) in [5, 5.41) is 0. The summed E-state index contributed by atoms with van der Waals surface area (Å²) < 4.78 is 8.74. The van der Waals surface area contributed by atoms with Gasteiger partial charge in [0.1, 0.15) is 0 Å². The first-order chi connectivity index (χ1) is 1.73. The highest BCUT2D eigenvalue weighted by molar-refractivity contribution is 6.22. The van der Waals surface area contributed by atoms with E-state index in [1.807, 2.05) is 0 Å². The summed E-state index contributed by atoms with van der Waals surface area (Å²) in [5.41, 5.74) is 0. The number of rotatable bonds is 0. The summed E-state index contributed by atoms with van der Waals surface area (Å²) in [6.45, 7) is 0. The molecule has 0 saturated heterocycles. The Morgan fingerprint density at radius 2 is 0.889 bits per heavy atom. The van der Waals surface area contributed by atoms with Crippen LogP contribution in [0.25, 0.3) is 0 Å². The van der Waals surface area contributed by atoms with Crippen molar-refractivity contribution >= 4 is 9.17 Å². The van der Waals surface area contributed by atoms with Crippen molar-refractivity contribution in [3.05, 3.63) is 0 Å². The quantitative estimate of drug-likeness (QED) is 0.338. The van der Waals surface area contributed by atoms with E-state index < -0.39 is 9.17 Å². The molecule has 0 atom stereocenters. The zero-order valence-electron chi connectivity index (χ0n) is 4.21. The lowest BCUT2D eigenvalue weighted by molar-refractivity contribution is 0.330. The van der Waals surface area contributed by atoms with Crippen molar-refractivity contribution in [2.45, 2.75) is 0 Å². The van der Waals surface area contributed by atoms with Crippen LogP contribution in [-0.4, -0.2) is 40.7 Å². The average Bonchev–Trinajstić information content (AvgIpc) is 0.811. The smallest absolute Gasteiger partial charge is 0.511 e. The van der Waals surface area contributed by atoms with Crippen LogP contribution in [0.2, 0.25) is 0 Å². The fraction of sp³-hybridized carbons (Fsp3) is 0. The molecule has 0 amide bonds. The van der Waals surface area contributed by atoms with Gasteiger partial charge in [-0.1, -0.05) is 0 Å². The van der Waals surface area contributed by atoms with Crippen molar-refractivity contribution < 1.29 is 41.4 Å². The molecule has 10 N–H and O–H groups in total. The van der Waals surface area contributed by atoms with Crippen molar-refractivity contribution in [3.8, 4) is 0 Å². The molecule has 0 aliphatic heterocycles. The van der Waals surface area contributed by atoms with Gasteiger partial charge in [-0.2, -0.15) is 0 Å². The van der Waals surface area contributed by atoms with Gasteiger partial charge in [0.2, 0.25) is 0 Å². The third kappa shape index (κ3) is 640. The molecule has 2 radical (unpaired) electrons. The van der Waals surface area contributed by atoms with Gasteiger partial charge in [-0.05, 0) is 0 Å². The Morgan fingerprint density at radius 3 is 0.889 bits per heavy atom. The van der Waals surface area contributed by atoms with E-state index >= 15 is 0 Å². The molecule has 0 spiro atoms. The van der Waals surface area contributed by atoms with Crippen molar-refractivity contribution in [1.29, 1.82) is 0 Å². The molecule has 0 rings (SSSR count). The van der Waals surface area contributed by atoms with Crippen molar-refractivity contribution in [1.82, 2.24) is 0 Å². The first-order valence-corrected chi connectivity index (χ1v) is 1.95. The fourth-order valence-corrected chi connectivity index (χ4v) is 0. The van der Waals surface area contributed by atoms with Crippen LogP contribution in [0.15, 0.2) is 0 Å². The van der Waals surface area contributed by atoms with E-state index in [2.05, 4.69) is 0 Å². The van der Waals surface area contributed by atoms with Crippen molar-refractivity contribution in [2.24, 2.45) is 0 Å². The molecule has 0 aromatic carbocycles. The van der Waals surface area contributed by atoms with Gasteiger partial charge in [0.15, 0.2) is 0 Å². The van der Waals surface area contributed by atoms with Gasteiger partial charge >= 0.3 is 9.17 Å². The van der Waals surface area contributed by atoms with Gasteiger partial charge in [-0.3, -0.25) is 4.46 Å². The van der Waals surface area contributed by atoms with Gasteiger partial charge in [0, 0.05) is 5.48 Å². The fourth-order valence-electron chi connectivity index (χ4n) is 0. The summed E-state index contributed by atoms with van der Waals surface area (Å²) in [7, 11) is -3.13. The first-order valence-electron chi connectivity index (χ1n) is 0.651. The maximum absolute atomic E-state index is 8.74. The molecule has 62 valence electrons. The van der Waals surface area contributed by atoms with Gasteiger partial charge in [0.05, 0.1) is 0 Å². The molecule has 0 unspecified atom stereocenters. The Hall–Kier alpha value is -0.583. The third-order valence-corrected chi connectivity index (χ3v) is 0. The Balaban J connectivity index is -0.00000000450. The van der Waals surface area contributed by atoms with Gasteiger partial charge < -0.3 is 31.5 Å². The Kier molecular flexibility index (Phi) is 460. The zero-order valence-corrected chi connectivity index (χ0v) is 5.21. The predicted molar refractivity (Wildman–Crippen MR) is 26.0 cm³/mol. The Labute approximate surface area is 51.8 Å². The van der Waals surface area contributed by atoms with E-state index in [9.17, 15) is 0 Å². The maximum atomic E-state index is 8.74. The molecule has 8 nitrogen and oxygen atoms in total. The van der Waals surface area contributed by atoms with Gasteiger partial charge in [-0.25, -0.2) is 0 Å². The summed E-state index contributed by atoms with van der Waals surface area (Å²) >= 11 is 0. The molecule has 0 aliphatic rings. The van der Waals surface area contributed by atoms with Crippen LogP contribution >= 0.6 is 0 Å². The second-order valence-electron chi connectivity index (χ2n) is 0.283. The molecule has 0 fully saturated rings. The van der Waals surface area contributed by atoms with E-state index in [1.54, 1.807) is 0 Å². The summed E-state index contributed by atoms with van der Waals surface area (Å²) in [6, 6.07) is 0. The minimum absolute atomic E-state index is 0. The molecular weight excluding hydrogens is 156 g/mol. The highest BCUT2D eigenvalue weighted by atomic mass is 28.3. The number of hydrogen-bond acceptors (Lipinski definition) is 1. The Bertz CT molecular complexity index is 27.5. The molecule has 0 aliphatic carbocycles. The van der Waals surface area contributed by atoms with Crippen molar-refractivity contribution in [3.63, 3.8) is 0 Å². The monoisotopic (exact) mass is 166 g/mol. The summed E-state index contributed by atoms with van der Waals surface area (Å²) in [4.78, 5) is 14.3. The summed E-state index contributed by atoms with van der Waals surface area (Å²) in [6.07, 6.45) is 0. The lowest BCUT2D eigenvalue weighted by Gasteiger charge is -1.55. The van der Waals surface area contributed by atoms with Crippen LogP contribution in [-0.2, 0) is 9.94 Å². The Morgan fingerprint density at radius 1 is 0.889 bits per heavy atom. The number of hydrogen-bond donors (Lipinski definition) is 2. The van der Waals surface area contributed by atoms with E-state index in [0.29, 0.717) is 0 Å². The van der Waals surface area contributed by atoms with E-state index in [0.717, 1.165) is 0 Å². The normalized spacial score (nSPS) is 2.67. The predicted octanol–water partition coefficient (Wildman–Crippen LogP) is -5.03. The minimum Gasteiger partial charge on any atom is -0.511 e. The molecule has 9 heavy (non-hydrogen) atoms. The first kappa shape index (κ1) is 79.3. The lowest BCUT2D eigenvalue weighted by Crippen LogP contribution is -1.90. The molecule has 0 aromatic heterocycles. The van der Waals surface area contributed by atoms with Crippen LogP contribution in [0.3, 0.4) is 0 Å². The molecule has 0 heterocycles. The van der Waals surface area contributed by atoms with Crippen LogP contribution in [0.5, 0.6) is 0 Å². The second-order valence-corrected chi connectivity index (χ2v) is 0.848. The highest BCUT2D eigenvalue weighted by Crippen LogP contribution is 1.27. The van der Waals surface area contributed by atoms with Crippen LogP contribution in [0, 0.1) is 0 Å². The second kappa shape index (κ2) is 52.3. The SMILES string of the molecule is O.O.O.O.O=[Si](O)O.[O]. The molecule has 0 aromatic rings. The van der Waals surface area contributed by atoms with E-state index in [1.165, 1.54) is 0 Å². The third-order valence-electron chi connectivity index (χ3n) is 0. The zero-order chi connectivity index (χ0) is 3.58. The van der Waals surface area contributed by atoms with Crippen molar-refractivity contribution in [2.75, 3.05) is 0 Å².